The third kappa shape index (κ3) is 10.6. The molecule has 1 rings (SSSR count). The number of allylic oxidation sites excluding steroid dienone is 3. The van der Waals surface area contributed by atoms with Gasteiger partial charge in [0.1, 0.15) is 0 Å². The summed E-state index contributed by atoms with van der Waals surface area (Å²) in [4.78, 5) is 0. The van der Waals surface area contributed by atoms with Crippen LogP contribution in [0.1, 0.15) is 5.56 Å². The van der Waals surface area contributed by atoms with E-state index in [-0.39, 0.29) is 4.49 Å². The molecule has 16 heavy (non-hydrogen) atoms. The summed E-state index contributed by atoms with van der Waals surface area (Å²) in [6.07, 6.45) is 6.96. The van der Waals surface area contributed by atoms with Crippen molar-refractivity contribution < 1.29 is 0 Å². The van der Waals surface area contributed by atoms with Crippen molar-refractivity contribution in [2.45, 2.75) is 0 Å². The van der Waals surface area contributed by atoms with Gasteiger partial charge in [0.25, 0.3) is 0 Å². The minimum Gasteiger partial charge on any atom is -0.193 e. The van der Waals surface area contributed by atoms with E-state index in [9.17, 15) is 0 Å². The van der Waals surface area contributed by atoms with Crippen molar-refractivity contribution in [2.24, 2.45) is 0 Å². The molecule has 0 heterocycles. The molecule has 0 aromatic heterocycles. The zero-order valence-electron chi connectivity index (χ0n) is 8.61. The first-order chi connectivity index (χ1) is 7.66. The van der Waals surface area contributed by atoms with Crippen molar-refractivity contribution in [3.05, 3.63) is 65.2 Å². The van der Waals surface area contributed by atoms with Crippen LogP contribution in [0.2, 0.25) is 0 Å². The Morgan fingerprint density at radius 3 is 2.25 bits per heavy atom. The molecule has 0 saturated heterocycles. The highest BCUT2D eigenvalue weighted by Crippen LogP contribution is 2.00. The molecule has 0 radical (unpaired) electrons. The normalized spacial score (nSPS) is 9.56. The van der Waals surface area contributed by atoms with E-state index in [1.165, 1.54) is 6.08 Å². The Kier molecular flexibility index (Phi) is 9.11. The van der Waals surface area contributed by atoms with Gasteiger partial charge in [-0.05, 0) is 5.56 Å². The molecule has 1 aromatic carbocycles. The smallest absolute Gasteiger partial charge is 0.0992 e. The number of hydrogen-bond donors (Lipinski definition) is 0. The summed E-state index contributed by atoms with van der Waals surface area (Å²) in [5, 5.41) is 8.19. The number of nitriles is 1. The SMILES string of the molecule is C=C(Cl)Cl.N#CC=CC=Cc1ccccc1. The number of halogens is 2. The zero-order valence-corrected chi connectivity index (χ0v) is 10.1. The molecule has 0 fully saturated rings. The quantitative estimate of drug-likeness (QED) is 0.552. The van der Waals surface area contributed by atoms with Gasteiger partial charge in [0.2, 0.25) is 0 Å². The summed E-state index contributed by atoms with van der Waals surface area (Å²) < 4.78 is 0.111. The molecule has 1 nitrogen and oxygen atoms in total. The Morgan fingerprint density at radius 2 is 1.75 bits per heavy atom. The molecule has 1 aromatic rings. The summed E-state index contributed by atoms with van der Waals surface area (Å²) in [5.74, 6) is 0. The Balaban J connectivity index is 0.000000487. The van der Waals surface area contributed by atoms with Gasteiger partial charge in [0.05, 0.1) is 10.6 Å². The van der Waals surface area contributed by atoms with Crippen molar-refractivity contribution in [1.82, 2.24) is 0 Å². The van der Waals surface area contributed by atoms with Gasteiger partial charge in [0.15, 0.2) is 0 Å². The predicted octanol–water partition coefficient (Wildman–Crippen LogP) is 4.71. The maximum Gasteiger partial charge on any atom is 0.0992 e. The van der Waals surface area contributed by atoms with Crippen molar-refractivity contribution in [2.75, 3.05) is 0 Å². The Labute approximate surface area is 106 Å². The van der Waals surface area contributed by atoms with Crippen molar-refractivity contribution >= 4 is 29.3 Å². The monoisotopic (exact) mass is 251 g/mol. The van der Waals surface area contributed by atoms with Crippen LogP contribution in [-0.2, 0) is 0 Å². The fourth-order valence-electron chi connectivity index (χ4n) is 0.829. The van der Waals surface area contributed by atoms with Gasteiger partial charge >= 0.3 is 0 Å². The van der Waals surface area contributed by atoms with E-state index in [4.69, 9.17) is 28.5 Å². The highest BCUT2D eigenvalue weighted by molar-refractivity contribution is 6.55. The second-order valence-corrected chi connectivity index (χ2v) is 3.70. The van der Waals surface area contributed by atoms with E-state index in [0.29, 0.717) is 0 Å². The van der Waals surface area contributed by atoms with Crippen LogP contribution >= 0.6 is 23.2 Å². The first kappa shape index (κ1) is 14.5. The van der Waals surface area contributed by atoms with Gasteiger partial charge in [-0.25, -0.2) is 0 Å². The molecule has 0 spiro atoms. The predicted molar refractivity (Wildman–Crippen MR) is 71.1 cm³/mol. The van der Waals surface area contributed by atoms with Crippen molar-refractivity contribution in [3.8, 4) is 6.07 Å². The molecular weight excluding hydrogens is 241 g/mol. The van der Waals surface area contributed by atoms with E-state index >= 15 is 0 Å². The fourth-order valence-corrected chi connectivity index (χ4v) is 0.829. The number of nitrogens with zero attached hydrogens (tertiary/aromatic N) is 1. The Bertz CT molecular complexity index is 396. The van der Waals surface area contributed by atoms with E-state index in [0.717, 1.165) is 5.56 Å². The Hall–Kier alpha value is -1.49. The maximum atomic E-state index is 8.19. The summed E-state index contributed by atoms with van der Waals surface area (Å²) in [7, 11) is 0. The zero-order chi connectivity index (χ0) is 12.2. The van der Waals surface area contributed by atoms with E-state index < -0.39 is 0 Å². The van der Waals surface area contributed by atoms with E-state index in [1.807, 2.05) is 48.6 Å². The average Bonchev–Trinajstić information content (AvgIpc) is 2.25. The van der Waals surface area contributed by atoms with Crippen LogP contribution in [0.4, 0.5) is 0 Å². The molecule has 0 bridgehead atoms. The standard InChI is InChI=1S/C11H9N.C2H2Cl2/c12-10-6-2-5-9-11-7-3-1-4-8-11;1-2(3)4/h1-9H;1H2. The summed E-state index contributed by atoms with van der Waals surface area (Å²) >= 11 is 9.69. The maximum absolute atomic E-state index is 8.19. The van der Waals surface area contributed by atoms with Crippen LogP contribution in [0.15, 0.2) is 59.6 Å². The molecule has 0 saturated carbocycles. The highest BCUT2D eigenvalue weighted by atomic mass is 35.5. The molecule has 82 valence electrons. The molecule has 3 heteroatoms. The third-order valence-electron chi connectivity index (χ3n) is 1.37. The lowest BCUT2D eigenvalue weighted by atomic mass is 10.2. The molecular formula is C13H11Cl2N. The average molecular weight is 252 g/mol. The van der Waals surface area contributed by atoms with E-state index in [2.05, 4.69) is 6.58 Å². The van der Waals surface area contributed by atoms with Crippen LogP contribution in [0.25, 0.3) is 6.08 Å². The minimum atomic E-state index is 0.111. The summed E-state index contributed by atoms with van der Waals surface area (Å²) in [6, 6.07) is 11.9. The lowest BCUT2D eigenvalue weighted by Gasteiger charge is -1.87. The van der Waals surface area contributed by atoms with Crippen LogP contribution < -0.4 is 0 Å². The van der Waals surface area contributed by atoms with Gasteiger partial charge in [-0.15, -0.1) is 0 Å². The lowest BCUT2D eigenvalue weighted by molar-refractivity contribution is 1.53. The van der Waals surface area contributed by atoms with Gasteiger partial charge in [-0.2, -0.15) is 5.26 Å². The van der Waals surface area contributed by atoms with Gasteiger partial charge in [-0.3, -0.25) is 0 Å². The number of hydrogen-bond acceptors (Lipinski definition) is 1. The van der Waals surface area contributed by atoms with Crippen LogP contribution in [0.3, 0.4) is 0 Å². The lowest BCUT2D eigenvalue weighted by Crippen LogP contribution is -1.66. The largest absolute Gasteiger partial charge is 0.193 e. The highest BCUT2D eigenvalue weighted by Gasteiger charge is 1.78. The van der Waals surface area contributed by atoms with Gasteiger partial charge in [-0.1, -0.05) is 78.3 Å². The van der Waals surface area contributed by atoms with Crippen LogP contribution in [0.5, 0.6) is 0 Å². The summed E-state index contributed by atoms with van der Waals surface area (Å²) in [5.41, 5.74) is 1.14. The first-order valence-corrected chi connectivity index (χ1v) is 5.20. The number of benzene rings is 1. The second-order valence-electron chi connectivity index (χ2n) is 2.60. The second kappa shape index (κ2) is 10.0. The minimum absolute atomic E-state index is 0.111. The molecule has 0 unspecified atom stereocenters. The molecule has 0 aliphatic carbocycles. The third-order valence-corrected chi connectivity index (χ3v) is 1.37. The van der Waals surface area contributed by atoms with Crippen LogP contribution in [0, 0.1) is 11.3 Å². The van der Waals surface area contributed by atoms with Gasteiger partial charge < -0.3 is 0 Å². The van der Waals surface area contributed by atoms with Crippen molar-refractivity contribution in [1.29, 1.82) is 5.26 Å². The molecule has 0 N–H and O–H groups in total. The van der Waals surface area contributed by atoms with E-state index in [1.54, 1.807) is 6.08 Å². The molecule has 0 amide bonds. The molecule has 0 aliphatic heterocycles. The molecule has 0 atom stereocenters. The van der Waals surface area contributed by atoms with Crippen LogP contribution in [-0.4, -0.2) is 0 Å². The number of rotatable bonds is 2. The summed E-state index contributed by atoms with van der Waals surface area (Å²) in [6.45, 7) is 3.09. The molecule has 0 aliphatic rings. The first-order valence-electron chi connectivity index (χ1n) is 4.44. The Morgan fingerprint density at radius 1 is 1.19 bits per heavy atom. The fraction of sp³-hybridized carbons (Fsp3) is 0. The van der Waals surface area contributed by atoms with Gasteiger partial charge in [0, 0.05) is 6.08 Å². The van der Waals surface area contributed by atoms with Crippen molar-refractivity contribution in [3.63, 3.8) is 0 Å². The topological polar surface area (TPSA) is 23.8 Å².